The SMILES string of the molecule is CCc1ccc(C(CC2Cc3ccccc32)NN)o1. The summed E-state index contributed by atoms with van der Waals surface area (Å²) in [6.45, 7) is 2.09. The second-order valence-corrected chi connectivity index (χ2v) is 5.21. The zero-order chi connectivity index (χ0) is 13.2. The van der Waals surface area contributed by atoms with Crippen LogP contribution in [0, 0.1) is 0 Å². The van der Waals surface area contributed by atoms with Gasteiger partial charge in [0.05, 0.1) is 6.04 Å². The standard InChI is InChI=1S/C16H20N2O/c1-2-13-7-8-16(19-13)15(18-17)10-12-9-11-5-3-4-6-14(11)12/h3-8,12,15,18H,2,9-10,17H2,1H3. The zero-order valence-corrected chi connectivity index (χ0v) is 11.2. The Morgan fingerprint density at radius 3 is 2.84 bits per heavy atom. The van der Waals surface area contributed by atoms with Gasteiger partial charge in [-0.15, -0.1) is 0 Å². The average molecular weight is 256 g/mol. The molecule has 19 heavy (non-hydrogen) atoms. The van der Waals surface area contributed by atoms with Crippen LogP contribution < -0.4 is 11.3 Å². The lowest BCUT2D eigenvalue weighted by Crippen LogP contribution is -2.31. The molecule has 1 aromatic heterocycles. The molecule has 2 unspecified atom stereocenters. The summed E-state index contributed by atoms with van der Waals surface area (Å²) in [5.41, 5.74) is 5.82. The first-order valence-electron chi connectivity index (χ1n) is 6.94. The van der Waals surface area contributed by atoms with E-state index >= 15 is 0 Å². The maximum Gasteiger partial charge on any atom is 0.122 e. The zero-order valence-electron chi connectivity index (χ0n) is 11.2. The molecule has 0 bridgehead atoms. The summed E-state index contributed by atoms with van der Waals surface area (Å²) in [6.07, 6.45) is 3.06. The molecule has 0 saturated heterocycles. The summed E-state index contributed by atoms with van der Waals surface area (Å²) in [7, 11) is 0. The quantitative estimate of drug-likeness (QED) is 0.638. The van der Waals surface area contributed by atoms with Gasteiger partial charge in [-0.05, 0) is 42.0 Å². The number of fused-ring (bicyclic) bond motifs is 1. The van der Waals surface area contributed by atoms with E-state index < -0.39 is 0 Å². The molecule has 1 aliphatic rings. The Balaban J connectivity index is 1.72. The van der Waals surface area contributed by atoms with Crippen LogP contribution in [0.4, 0.5) is 0 Å². The van der Waals surface area contributed by atoms with Gasteiger partial charge in [-0.25, -0.2) is 5.43 Å². The number of rotatable bonds is 5. The van der Waals surface area contributed by atoms with Gasteiger partial charge >= 0.3 is 0 Å². The van der Waals surface area contributed by atoms with Gasteiger partial charge < -0.3 is 4.42 Å². The molecule has 0 aliphatic heterocycles. The van der Waals surface area contributed by atoms with Crippen LogP contribution >= 0.6 is 0 Å². The summed E-state index contributed by atoms with van der Waals surface area (Å²) < 4.78 is 5.80. The molecule has 0 spiro atoms. The molecule has 3 rings (SSSR count). The monoisotopic (exact) mass is 256 g/mol. The highest BCUT2D eigenvalue weighted by Gasteiger charge is 2.29. The van der Waals surface area contributed by atoms with Gasteiger partial charge in [-0.2, -0.15) is 0 Å². The van der Waals surface area contributed by atoms with Gasteiger partial charge in [-0.3, -0.25) is 5.84 Å². The second kappa shape index (κ2) is 5.19. The fraction of sp³-hybridized carbons (Fsp3) is 0.375. The maximum atomic E-state index is 5.80. The Hall–Kier alpha value is -1.58. The van der Waals surface area contributed by atoms with Crippen LogP contribution in [0.1, 0.15) is 48.0 Å². The topological polar surface area (TPSA) is 51.2 Å². The third-order valence-electron chi connectivity index (χ3n) is 4.06. The molecule has 2 atom stereocenters. The maximum absolute atomic E-state index is 5.80. The minimum Gasteiger partial charge on any atom is -0.464 e. The molecule has 2 aromatic rings. The number of benzene rings is 1. The van der Waals surface area contributed by atoms with Crippen molar-refractivity contribution in [2.45, 2.75) is 38.1 Å². The van der Waals surface area contributed by atoms with Gasteiger partial charge in [-0.1, -0.05) is 31.2 Å². The van der Waals surface area contributed by atoms with Crippen molar-refractivity contribution in [1.29, 1.82) is 0 Å². The molecule has 3 heteroatoms. The van der Waals surface area contributed by atoms with Crippen molar-refractivity contribution in [2.75, 3.05) is 0 Å². The fourth-order valence-electron chi connectivity index (χ4n) is 2.90. The molecule has 1 heterocycles. The molecule has 100 valence electrons. The van der Waals surface area contributed by atoms with Gasteiger partial charge in [0.2, 0.25) is 0 Å². The summed E-state index contributed by atoms with van der Waals surface area (Å²) in [4.78, 5) is 0. The molecule has 3 nitrogen and oxygen atoms in total. The Morgan fingerprint density at radius 2 is 2.16 bits per heavy atom. The predicted octanol–water partition coefficient (Wildman–Crippen LogP) is 3.08. The summed E-state index contributed by atoms with van der Waals surface area (Å²) in [5.74, 6) is 8.25. The molecule has 3 N–H and O–H groups in total. The van der Waals surface area contributed by atoms with E-state index in [1.807, 2.05) is 12.1 Å². The van der Waals surface area contributed by atoms with Gasteiger partial charge in [0.1, 0.15) is 11.5 Å². The minimum absolute atomic E-state index is 0.0960. The molecule has 0 saturated carbocycles. The molecule has 0 fully saturated rings. The van der Waals surface area contributed by atoms with Crippen molar-refractivity contribution >= 4 is 0 Å². The van der Waals surface area contributed by atoms with Crippen LogP contribution in [0.15, 0.2) is 40.8 Å². The van der Waals surface area contributed by atoms with Gasteiger partial charge in [0.25, 0.3) is 0 Å². The Bertz CT molecular complexity index is 561. The Morgan fingerprint density at radius 1 is 1.32 bits per heavy atom. The van der Waals surface area contributed by atoms with E-state index in [1.165, 1.54) is 11.1 Å². The molecule has 0 amide bonds. The van der Waals surface area contributed by atoms with Crippen LogP contribution in [0.2, 0.25) is 0 Å². The first kappa shape index (κ1) is 12.5. The first-order valence-corrected chi connectivity index (χ1v) is 6.94. The smallest absolute Gasteiger partial charge is 0.122 e. The first-order chi connectivity index (χ1) is 9.31. The number of hydrogen-bond acceptors (Lipinski definition) is 3. The van der Waals surface area contributed by atoms with Crippen molar-refractivity contribution < 1.29 is 4.42 Å². The van der Waals surface area contributed by atoms with E-state index in [9.17, 15) is 0 Å². The van der Waals surface area contributed by atoms with Crippen LogP contribution in [0.25, 0.3) is 0 Å². The minimum atomic E-state index is 0.0960. The molecular weight excluding hydrogens is 236 g/mol. The van der Waals surface area contributed by atoms with Crippen LogP contribution in [0.3, 0.4) is 0 Å². The number of nitrogens with two attached hydrogens (primary N) is 1. The molecule has 0 radical (unpaired) electrons. The Labute approximate surface area is 113 Å². The molecule has 1 aromatic carbocycles. The van der Waals surface area contributed by atoms with E-state index in [0.717, 1.165) is 30.8 Å². The third-order valence-corrected chi connectivity index (χ3v) is 4.06. The number of hydrazine groups is 1. The highest BCUT2D eigenvalue weighted by molar-refractivity contribution is 5.40. The van der Waals surface area contributed by atoms with E-state index in [1.54, 1.807) is 0 Å². The van der Waals surface area contributed by atoms with E-state index in [2.05, 4.69) is 36.6 Å². The summed E-state index contributed by atoms with van der Waals surface area (Å²) in [5, 5.41) is 0. The van der Waals surface area contributed by atoms with E-state index in [4.69, 9.17) is 10.3 Å². The van der Waals surface area contributed by atoms with Crippen molar-refractivity contribution in [3.05, 3.63) is 59.0 Å². The summed E-state index contributed by atoms with van der Waals surface area (Å²) in [6, 6.07) is 12.8. The van der Waals surface area contributed by atoms with Crippen LogP contribution in [0.5, 0.6) is 0 Å². The average Bonchev–Trinajstić information content (AvgIpc) is 2.89. The van der Waals surface area contributed by atoms with E-state index in [0.29, 0.717) is 5.92 Å². The van der Waals surface area contributed by atoms with Crippen LogP contribution in [-0.4, -0.2) is 0 Å². The number of aryl methyl sites for hydroxylation is 1. The predicted molar refractivity (Wildman–Crippen MR) is 75.7 cm³/mol. The molecule has 1 aliphatic carbocycles. The largest absolute Gasteiger partial charge is 0.464 e. The van der Waals surface area contributed by atoms with Gasteiger partial charge in [0.15, 0.2) is 0 Å². The van der Waals surface area contributed by atoms with Gasteiger partial charge in [0, 0.05) is 6.42 Å². The van der Waals surface area contributed by atoms with Crippen molar-refractivity contribution in [3.63, 3.8) is 0 Å². The van der Waals surface area contributed by atoms with Crippen LogP contribution in [-0.2, 0) is 12.8 Å². The fourth-order valence-corrected chi connectivity index (χ4v) is 2.90. The Kier molecular flexibility index (Phi) is 3.40. The second-order valence-electron chi connectivity index (χ2n) is 5.21. The lowest BCUT2D eigenvalue weighted by atomic mass is 9.74. The lowest BCUT2D eigenvalue weighted by molar-refractivity contribution is 0.355. The van der Waals surface area contributed by atoms with Crippen molar-refractivity contribution in [3.8, 4) is 0 Å². The highest BCUT2D eigenvalue weighted by Crippen LogP contribution is 2.40. The molecular formula is C16H20N2O. The highest BCUT2D eigenvalue weighted by atomic mass is 16.3. The number of hydrogen-bond donors (Lipinski definition) is 2. The normalized spacial score (nSPS) is 18.7. The lowest BCUT2D eigenvalue weighted by Gasteiger charge is -2.32. The van der Waals surface area contributed by atoms with Crippen molar-refractivity contribution in [1.82, 2.24) is 5.43 Å². The van der Waals surface area contributed by atoms with Crippen molar-refractivity contribution in [2.24, 2.45) is 5.84 Å². The summed E-state index contributed by atoms with van der Waals surface area (Å²) >= 11 is 0. The number of furan rings is 1. The third kappa shape index (κ3) is 2.31. The number of nitrogens with one attached hydrogen (secondary N) is 1. The van der Waals surface area contributed by atoms with E-state index in [-0.39, 0.29) is 6.04 Å².